The molecule has 2 heteroatoms. The van der Waals surface area contributed by atoms with E-state index in [-0.39, 0.29) is 6.10 Å². The SMILES string of the molecule is CC(O)Cc1cccc2c1OCC2C. The van der Waals surface area contributed by atoms with E-state index in [9.17, 15) is 5.11 Å². The summed E-state index contributed by atoms with van der Waals surface area (Å²) in [5.74, 6) is 1.49. The molecule has 0 saturated heterocycles. The van der Waals surface area contributed by atoms with Gasteiger partial charge in [0, 0.05) is 17.9 Å². The quantitative estimate of drug-likeness (QED) is 0.777. The van der Waals surface area contributed by atoms with E-state index >= 15 is 0 Å². The lowest BCUT2D eigenvalue weighted by atomic mass is 9.98. The number of benzene rings is 1. The number of aliphatic hydroxyl groups is 1. The molecular weight excluding hydrogens is 176 g/mol. The summed E-state index contributed by atoms with van der Waals surface area (Å²) in [4.78, 5) is 0. The summed E-state index contributed by atoms with van der Waals surface area (Å²) in [5, 5.41) is 9.35. The molecule has 1 aromatic rings. The van der Waals surface area contributed by atoms with Crippen molar-refractivity contribution >= 4 is 0 Å². The minimum absolute atomic E-state index is 0.305. The molecule has 0 bridgehead atoms. The van der Waals surface area contributed by atoms with Gasteiger partial charge in [0.15, 0.2) is 0 Å². The van der Waals surface area contributed by atoms with E-state index in [1.807, 2.05) is 12.1 Å². The maximum Gasteiger partial charge on any atom is 0.126 e. The molecule has 14 heavy (non-hydrogen) atoms. The third-order valence-electron chi connectivity index (χ3n) is 2.65. The summed E-state index contributed by atoms with van der Waals surface area (Å²) in [6, 6.07) is 6.18. The standard InChI is InChI=1S/C12H16O2/c1-8-7-14-12-10(6-9(2)13)4-3-5-11(8)12/h3-5,8-9,13H,6-7H2,1-2H3. The molecule has 1 aromatic carbocycles. The summed E-state index contributed by atoms with van der Waals surface area (Å²) in [6.45, 7) is 4.74. The Labute approximate surface area is 84.5 Å². The van der Waals surface area contributed by atoms with Crippen LogP contribution in [0.3, 0.4) is 0 Å². The molecule has 0 spiro atoms. The third kappa shape index (κ3) is 1.62. The first-order valence-corrected chi connectivity index (χ1v) is 5.11. The van der Waals surface area contributed by atoms with Gasteiger partial charge < -0.3 is 9.84 Å². The van der Waals surface area contributed by atoms with Gasteiger partial charge in [-0.25, -0.2) is 0 Å². The van der Waals surface area contributed by atoms with Gasteiger partial charge in [-0.2, -0.15) is 0 Å². The Morgan fingerprint density at radius 2 is 2.36 bits per heavy atom. The molecule has 0 saturated carbocycles. The summed E-state index contributed by atoms with van der Waals surface area (Å²) in [6.07, 6.45) is 0.372. The maximum absolute atomic E-state index is 9.35. The van der Waals surface area contributed by atoms with Crippen LogP contribution >= 0.6 is 0 Å². The highest BCUT2D eigenvalue weighted by Gasteiger charge is 2.22. The Hall–Kier alpha value is -1.02. The van der Waals surface area contributed by atoms with Gasteiger partial charge in [0.1, 0.15) is 5.75 Å². The van der Waals surface area contributed by atoms with Crippen LogP contribution in [0.4, 0.5) is 0 Å². The lowest BCUT2D eigenvalue weighted by molar-refractivity contribution is 0.194. The smallest absolute Gasteiger partial charge is 0.126 e. The number of hydrogen-bond donors (Lipinski definition) is 1. The van der Waals surface area contributed by atoms with Crippen molar-refractivity contribution in [2.75, 3.05) is 6.61 Å². The van der Waals surface area contributed by atoms with Crippen molar-refractivity contribution in [3.05, 3.63) is 29.3 Å². The van der Waals surface area contributed by atoms with Crippen molar-refractivity contribution in [3.63, 3.8) is 0 Å². The highest BCUT2D eigenvalue weighted by molar-refractivity contribution is 5.46. The number of para-hydroxylation sites is 1. The highest BCUT2D eigenvalue weighted by atomic mass is 16.5. The largest absolute Gasteiger partial charge is 0.492 e. The van der Waals surface area contributed by atoms with Crippen LogP contribution in [0.5, 0.6) is 5.75 Å². The number of rotatable bonds is 2. The fraction of sp³-hybridized carbons (Fsp3) is 0.500. The first-order valence-electron chi connectivity index (χ1n) is 5.11. The first kappa shape index (κ1) is 9.53. The number of aliphatic hydroxyl groups excluding tert-OH is 1. The monoisotopic (exact) mass is 192 g/mol. The molecule has 76 valence electrons. The minimum atomic E-state index is -0.305. The number of hydrogen-bond acceptors (Lipinski definition) is 2. The lowest BCUT2D eigenvalue weighted by Crippen LogP contribution is -2.05. The summed E-state index contributed by atoms with van der Waals surface area (Å²) >= 11 is 0. The van der Waals surface area contributed by atoms with Crippen LogP contribution in [0.1, 0.15) is 30.9 Å². The van der Waals surface area contributed by atoms with Gasteiger partial charge >= 0.3 is 0 Å². The number of ether oxygens (including phenoxy) is 1. The zero-order chi connectivity index (χ0) is 10.1. The average Bonchev–Trinajstić information content (AvgIpc) is 2.49. The highest BCUT2D eigenvalue weighted by Crippen LogP contribution is 2.36. The van der Waals surface area contributed by atoms with Crippen LogP contribution in [-0.4, -0.2) is 17.8 Å². The Bertz CT molecular complexity index is 331. The van der Waals surface area contributed by atoms with E-state index in [1.165, 1.54) is 5.56 Å². The van der Waals surface area contributed by atoms with Crippen LogP contribution in [0, 0.1) is 0 Å². The van der Waals surface area contributed by atoms with Gasteiger partial charge in [-0.05, 0) is 12.5 Å². The van der Waals surface area contributed by atoms with E-state index in [2.05, 4.69) is 13.0 Å². The molecule has 2 atom stereocenters. The van der Waals surface area contributed by atoms with Crippen molar-refractivity contribution in [3.8, 4) is 5.75 Å². The van der Waals surface area contributed by atoms with E-state index in [4.69, 9.17) is 4.74 Å². The van der Waals surface area contributed by atoms with Gasteiger partial charge in [0.2, 0.25) is 0 Å². The molecule has 0 radical (unpaired) electrons. The molecule has 1 N–H and O–H groups in total. The summed E-state index contributed by atoms with van der Waals surface area (Å²) in [7, 11) is 0. The molecule has 0 aromatic heterocycles. The molecule has 2 rings (SSSR count). The predicted octanol–water partition coefficient (Wildman–Crippen LogP) is 2.11. The summed E-state index contributed by atoms with van der Waals surface area (Å²) < 4.78 is 5.63. The average molecular weight is 192 g/mol. The minimum Gasteiger partial charge on any atom is -0.492 e. The molecular formula is C12H16O2. The van der Waals surface area contributed by atoms with E-state index in [0.29, 0.717) is 12.3 Å². The molecule has 2 unspecified atom stereocenters. The normalized spacial score (nSPS) is 21.5. The van der Waals surface area contributed by atoms with Gasteiger partial charge in [-0.15, -0.1) is 0 Å². The zero-order valence-electron chi connectivity index (χ0n) is 8.66. The number of fused-ring (bicyclic) bond motifs is 1. The Balaban J connectivity index is 2.34. The predicted molar refractivity (Wildman–Crippen MR) is 55.7 cm³/mol. The van der Waals surface area contributed by atoms with Crippen molar-refractivity contribution in [2.24, 2.45) is 0 Å². The van der Waals surface area contributed by atoms with Crippen LogP contribution in [0.25, 0.3) is 0 Å². The molecule has 1 heterocycles. The van der Waals surface area contributed by atoms with Crippen LogP contribution in [-0.2, 0) is 6.42 Å². The Morgan fingerprint density at radius 3 is 3.07 bits per heavy atom. The molecule has 0 aliphatic carbocycles. The second-order valence-corrected chi connectivity index (χ2v) is 4.10. The van der Waals surface area contributed by atoms with E-state index in [1.54, 1.807) is 6.92 Å². The van der Waals surface area contributed by atoms with Crippen molar-refractivity contribution in [1.29, 1.82) is 0 Å². The topological polar surface area (TPSA) is 29.5 Å². The fourth-order valence-corrected chi connectivity index (χ4v) is 1.95. The lowest BCUT2D eigenvalue weighted by Gasteiger charge is -2.09. The molecule has 0 amide bonds. The van der Waals surface area contributed by atoms with Gasteiger partial charge in [-0.3, -0.25) is 0 Å². The molecule has 1 aliphatic rings. The Kier molecular flexibility index (Phi) is 2.46. The van der Waals surface area contributed by atoms with E-state index < -0.39 is 0 Å². The van der Waals surface area contributed by atoms with Crippen molar-refractivity contribution in [1.82, 2.24) is 0 Å². The first-order chi connectivity index (χ1) is 6.68. The maximum atomic E-state index is 9.35. The summed E-state index contributed by atoms with van der Waals surface area (Å²) in [5.41, 5.74) is 2.41. The van der Waals surface area contributed by atoms with Crippen molar-refractivity contribution < 1.29 is 9.84 Å². The van der Waals surface area contributed by atoms with Crippen LogP contribution < -0.4 is 4.74 Å². The van der Waals surface area contributed by atoms with Gasteiger partial charge in [0.05, 0.1) is 12.7 Å². The van der Waals surface area contributed by atoms with E-state index in [0.717, 1.165) is 17.9 Å². The van der Waals surface area contributed by atoms with Gasteiger partial charge in [0.25, 0.3) is 0 Å². The van der Waals surface area contributed by atoms with Crippen LogP contribution in [0.15, 0.2) is 18.2 Å². The third-order valence-corrected chi connectivity index (χ3v) is 2.65. The molecule has 2 nitrogen and oxygen atoms in total. The fourth-order valence-electron chi connectivity index (χ4n) is 1.95. The van der Waals surface area contributed by atoms with Gasteiger partial charge in [-0.1, -0.05) is 25.1 Å². The second-order valence-electron chi connectivity index (χ2n) is 4.10. The van der Waals surface area contributed by atoms with Crippen LogP contribution in [0.2, 0.25) is 0 Å². The Morgan fingerprint density at radius 1 is 1.57 bits per heavy atom. The zero-order valence-corrected chi connectivity index (χ0v) is 8.66. The molecule has 0 fully saturated rings. The van der Waals surface area contributed by atoms with Crippen molar-refractivity contribution in [2.45, 2.75) is 32.3 Å². The second kappa shape index (κ2) is 3.62. The molecule has 1 aliphatic heterocycles.